The van der Waals surface area contributed by atoms with Gasteiger partial charge in [0.05, 0.1) is 11.0 Å². The Labute approximate surface area is 245 Å². The Morgan fingerprint density at radius 2 is 1.68 bits per heavy atom. The van der Waals surface area contributed by atoms with Gasteiger partial charge in [0.15, 0.2) is 0 Å². The average molecular weight is 586 g/mol. The number of amides is 4. The third-order valence-electron chi connectivity index (χ3n) is 6.93. The van der Waals surface area contributed by atoms with Crippen LogP contribution >= 0.6 is 11.6 Å². The summed E-state index contributed by atoms with van der Waals surface area (Å²) < 4.78 is 11.1. The number of anilines is 1. The van der Waals surface area contributed by atoms with Gasteiger partial charge in [-0.1, -0.05) is 48.9 Å². The third kappa shape index (κ3) is 8.93. The van der Waals surface area contributed by atoms with Crippen molar-refractivity contribution >= 4 is 41.1 Å². The van der Waals surface area contributed by atoms with Crippen LogP contribution in [0.3, 0.4) is 0 Å². The lowest BCUT2D eigenvalue weighted by Crippen LogP contribution is -2.55. The summed E-state index contributed by atoms with van der Waals surface area (Å²) in [5.74, 6) is -2.10. The van der Waals surface area contributed by atoms with Crippen molar-refractivity contribution in [2.45, 2.75) is 65.2 Å². The monoisotopic (exact) mass is 585 g/mol. The highest BCUT2D eigenvalue weighted by molar-refractivity contribution is 6.31. The molecule has 1 aliphatic heterocycles. The van der Waals surface area contributed by atoms with Gasteiger partial charge in [0, 0.05) is 30.3 Å². The molecule has 2 aromatic rings. The molecule has 41 heavy (non-hydrogen) atoms. The molecule has 1 radical (unpaired) electrons. The number of hydrogen-bond acceptors (Lipinski definition) is 6. The molecule has 0 spiro atoms. The number of carbonyl (C=O) groups is 4. The molecule has 11 heteroatoms. The summed E-state index contributed by atoms with van der Waals surface area (Å²) in [6, 6.07) is 14.5. The van der Waals surface area contributed by atoms with Gasteiger partial charge in [-0.2, -0.15) is 0 Å². The first kappa shape index (κ1) is 31.9. The van der Waals surface area contributed by atoms with Crippen LogP contribution < -0.4 is 16.4 Å². The first-order valence-electron chi connectivity index (χ1n) is 13.6. The maximum Gasteiger partial charge on any atom is 0.411 e. The fourth-order valence-electron chi connectivity index (χ4n) is 4.51. The number of nitrogens with zero attached hydrogens (tertiary/aromatic N) is 1. The Balaban J connectivity index is 1.72. The second-order valence-corrected chi connectivity index (χ2v) is 11.5. The standard InChI is InChI=1S/C30H38ClN4O6/c1-5-20-10-12-22(13-11-20)34-28(39)40-19-30(27(38)33-18-21-8-6-7-9-23(21)31)14-16-35(17-15-30)26(37)24(25(32)36)41-29(2,3)4/h6-13,24,32H,5,14-19H2,1-4H3,(H,33,38)(H,34,39). The smallest absolute Gasteiger partial charge is 0.411 e. The number of halogens is 1. The molecule has 1 saturated heterocycles. The molecular formula is C30H38ClN4O6. The molecule has 0 bridgehead atoms. The zero-order valence-electron chi connectivity index (χ0n) is 23.9. The minimum atomic E-state index is -1.56. The van der Waals surface area contributed by atoms with Gasteiger partial charge in [0.25, 0.3) is 11.8 Å². The van der Waals surface area contributed by atoms with Gasteiger partial charge >= 0.3 is 6.09 Å². The number of carbonyl (C=O) groups excluding carboxylic acids is 4. The molecule has 0 saturated carbocycles. The van der Waals surface area contributed by atoms with Crippen LogP contribution in [0.2, 0.25) is 5.02 Å². The van der Waals surface area contributed by atoms with E-state index in [9.17, 15) is 19.2 Å². The van der Waals surface area contributed by atoms with E-state index in [4.69, 9.17) is 26.8 Å². The van der Waals surface area contributed by atoms with Crippen molar-refractivity contribution in [1.29, 1.82) is 0 Å². The van der Waals surface area contributed by atoms with Gasteiger partial charge in [-0.3, -0.25) is 25.4 Å². The fraction of sp³-hybridized carbons (Fsp3) is 0.467. The SMILES string of the molecule is CCc1ccc(NC(=O)OCC2(C(=O)NCc3ccccc3Cl)CCN(C(=O)C(OC(C)(C)C)C([NH])=O)CC2)cc1. The Hall–Kier alpha value is -3.63. The van der Waals surface area contributed by atoms with Crippen LogP contribution in [0.5, 0.6) is 0 Å². The molecule has 0 aromatic heterocycles. The van der Waals surface area contributed by atoms with E-state index in [0.29, 0.717) is 10.7 Å². The van der Waals surface area contributed by atoms with Crippen molar-refractivity contribution in [3.63, 3.8) is 0 Å². The van der Waals surface area contributed by atoms with Crippen LogP contribution in [0.15, 0.2) is 48.5 Å². The summed E-state index contributed by atoms with van der Waals surface area (Å²) >= 11 is 6.25. The molecule has 0 aliphatic carbocycles. The van der Waals surface area contributed by atoms with Crippen LogP contribution in [0.25, 0.3) is 0 Å². The van der Waals surface area contributed by atoms with Crippen molar-refractivity contribution < 1.29 is 28.7 Å². The van der Waals surface area contributed by atoms with Gasteiger partial charge < -0.3 is 19.7 Å². The molecule has 3 N–H and O–H groups in total. The minimum absolute atomic E-state index is 0.110. The Bertz CT molecular complexity index is 1240. The second kappa shape index (κ2) is 13.8. The maximum absolute atomic E-state index is 13.6. The van der Waals surface area contributed by atoms with Crippen molar-refractivity contribution in [2.75, 3.05) is 25.0 Å². The number of piperidine rings is 1. The number of nitrogens with one attached hydrogen (secondary N) is 3. The zero-order chi connectivity index (χ0) is 30.2. The zero-order valence-corrected chi connectivity index (χ0v) is 24.7. The van der Waals surface area contributed by atoms with Crippen molar-refractivity contribution in [1.82, 2.24) is 16.0 Å². The number of hydrogen-bond donors (Lipinski definition) is 2. The van der Waals surface area contributed by atoms with Crippen LogP contribution in [0.1, 0.15) is 51.7 Å². The predicted molar refractivity (Wildman–Crippen MR) is 155 cm³/mol. The number of aryl methyl sites for hydroxylation is 1. The van der Waals surface area contributed by atoms with E-state index in [1.165, 1.54) is 4.90 Å². The molecular weight excluding hydrogens is 548 g/mol. The van der Waals surface area contributed by atoms with Gasteiger partial charge in [-0.25, -0.2) is 4.79 Å². The van der Waals surface area contributed by atoms with Crippen molar-refractivity contribution in [2.24, 2.45) is 5.41 Å². The summed E-state index contributed by atoms with van der Waals surface area (Å²) in [6.45, 7) is 7.30. The lowest BCUT2D eigenvalue weighted by Gasteiger charge is -2.41. The van der Waals surface area contributed by atoms with E-state index in [1.807, 2.05) is 25.1 Å². The lowest BCUT2D eigenvalue weighted by molar-refractivity contribution is -0.164. The number of likely N-dealkylation sites (tertiary alicyclic amines) is 1. The van der Waals surface area contributed by atoms with Crippen LogP contribution in [0, 0.1) is 5.41 Å². The molecule has 1 fully saturated rings. The summed E-state index contributed by atoms with van der Waals surface area (Å²) in [4.78, 5) is 52.7. The van der Waals surface area contributed by atoms with Gasteiger partial charge in [-0.05, 0) is 69.4 Å². The van der Waals surface area contributed by atoms with Crippen LogP contribution in [-0.4, -0.2) is 60.1 Å². The minimum Gasteiger partial charge on any atom is -0.448 e. The molecule has 1 heterocycles. The van der Waals surface area contributed by atoms with Gasteiger partial charge in [-0.15, -0.1) is 0 Å². The van der Waals surface area contributed by atoms with E-state index < -0.39 is 35.0 Å². The molecule has 4 amide bonds. The number of ether oxygens (including phenoxy) is 2. The van der Waals surface area contributed by atoms with Crippen LogP contribution in [0.4, 0.5) is 10.5 Å². The Kier molecular flexibility index (Phi) is 10.8. The number of rotatable bonds is 10. The predicted octanol–water partition coefficient (Wildman–Crippen LogP) is 4.37. The maximum atomic E-state index is 13.6. The molecule has 10 nitrogen and oxygen atoms in total. The fourth-order valence-corrected chi connectivity index (χ4v) is 4.72. The van der Waals surface area contributed by atoms with E-state index in [0.717, 1.165) is 17.5 Å². The highest BCUT2D eigenvalue weighted by atomic mass is 35.5. The summed E-state index contributed by atoms with van der Waals surface area (Å²) in [7, 11) is 0. The average Bonchev–Trinajstić information content (AvgIpc) is 2.94. The van der Waals surface area contributed by atoms with E-state index in [-0.39, 0.29) is 45.0 Å². The topological polar surface area (TPSA) is 138 Å². The summed E-state index contributed by atoms with van der Waals surface area (Å²) in [5, 5.41) is 6.10. The molecule has 1 unspecified atom stereocenters. The molecule has 3 rings (SSSR count). The Morgan fingerprint density at radius 1 is 1.05 bits per heavy atom. The van der Waals surface area contributed by atoms with Crippen molar-refractivity contribution in [3.8, 4) is 0 Å². The van der Waals surface area contributed by atoms with Crippen LogP contribution in [-0.2, 0) is 36.8 Å². The molecule has 2 aromatic carbocycles. The number of benzene rings is 2. The summed E-state index contributed by atoms with van der Waals surface area (Å²) in [6.07, 6.45) is -1.06. The van der Waals surface area contributed by atoms with E-state index in [1.54, 1.807) is 51.1 Å². The largest absolute Gasteiger partial charge is 0.448 e. The molecule has 1 atom stereocenters. The van der Waals surface area contributed by atoms with Gasteiger partial charge in [0.2, 0.25) is 12.0 Å². The second-order valence-electron chi connectivity index (χ2n) is 11.1. The van der Waals surface area contributed by atoms with Crippen molar-refractivity contribution in [3.05, 3.63) is 64.7 Å². The highest BCUT2D eigenvalue weighted by Crippen LogP contribution is 2.33. The highest BCUT2D eigenvalue weighted by Gasteiger charge is 2.45. The van der Waals surface area contributed by atoms with E-state index >= 15 is 0 Å². The third-order valence-corrected chi connectivity index (χ3v) is 7.30. The first-order valence-corrected chi connectivity index (χ1v) is 14.0. The normalized spacial score (nSPS) is 15.5. The molecule has 221 valence electrons. The Morgan fingerprint density at radius 3 is 2.24 bits per heavy atom. The first-order chi connectivity index (χ1) is 19.3. The van der Waals surface area contributed by atoms with Gasteiger partial charge in [0.1, 0.15) is 6.61 Å². The quantitative estimate of drug-likeness (QED) is 0.397. The molecule has 1 aliphatic rings. The van der Waals surface area contributed by atoms with E-state index in [2.05, 4.69) is 10.6 Å². The summed E-state index contributed by atoms with van der Waals surface area (Å²) in [5.41, 5.74) is 8.02. The lowest BCUT2D eigenvalue weighted by atomic mass is 9.78.